The van der Waals surface area contributed by atoms with Gasteiger partial charge in [0.15, 0.2) is 0 Å². The molecule has 0 aliphatic rings. The van der Waals surface area contributed by atoms with E-state index in [9.17, 15) is 4.79 Å². The average molecular weight is 211 g/mol. The lowest BCUT2D eigenvalue weighted by atomic mass is 10.2. The highest BCUT2D eigenvalue weighted by Crippen LogP contribution is 2.04. The summed E-state index contributed by atoms with van der Waals surface area (Å²) in [4.78, 5) is 11.2. The van der Waals surface area contributed by atoms with E-state index in [-0.39, 0.29) is 12.5 Å². The molecule has 84 valence electrons. The molecule has 0 saturated carbocycles. The topological polar surface area (TPSA) is 67.2 Å². The minimum atomic E-state index is -0.0349. The van der Waals surface area contributed by atoms with Crippen LogP contribution in [0.25, 0.3) is 0 Å². The normalized spacial score (nSPS) is 10.3. The lowest BCUT2D eigenvalue weighted by molar-refractivity contribution is -0.121. The van der Waals surface area contributed by atoms with Gasteiger partial charge in [0, 0.05) is 37.9 Å². The van der Waals surface area contributed by atoms with Crippen LogP contribution in [0.15, 0.2) is 6.20 Å². The van der Waals surface area contributed by atoms with E-state index in [0.29, 0.717) is 19.4 Å². The van der Waals surface area contributed by atoms with Crippen LogP contribution >= 0.6 is 0 Å². The first-order chi connectivity index (χ1) is 7.15. The minimum Gasteiger partial charge on any atom is -0.396 e. The molecule has 1 aromatic rings. The largest absolute Gasteiger partial charge is 0.396 e. The number of nitrogens with one attached hydrogen (secondary N) is 1. The summed E-state index contributed by atoms with van der Waals surface area (Å²) in [5.74, 6) is -0.0349. The molecule has 0 bridgehead atoms. The van der Waals surface area contributed by atoms with Crippen LogP contribution in [0.1, 0.15) is 24.1 Å². The van der Waals surface area contributed by atoms with E-state index in [1.54, 1.807) is 10.9 Å². The molecule has 5 nitrogen and oxygen atoms in total. The SMILES string of the molecule is Cc1c(CNC(=O)CCCO)cnn1C. The van der Waals surface area contributed by atoms with E-state index in [0.717, 1.165) is 11.3 Å². The van der Waals surface area contributed by atoms with Gasteiger partial charge >= 0.3 is 0 Å². The Bertz CT molecular complexity index is 333. The Kier molecular flexibility index (Phi) is 4.30. The van der Waals surface area contributed by atoms with E-state index in [4.69, 9.17) is 5.11 Å². The fraction of sp³-hybridized carbons (Fsp3) is 0.600. The maximum atomic E-state index is 11.2. The van der Waals surface area contributed by atoms with Gasteiger partial charge in [-0.2, -0.15) is 5.10 Å². The van der Waals surface area contributed by atoms with Crippen LogP contribution < -0.4 is 5.32 Å². The van der Waals surface area contributed by atoms with Gasteiger partial charge in [0.05, 0.1) is 6.20 Å². The van der Waals surface area contributed by atoms with Gasteiger partial charge in [-0.25, -0.2) is 0 Å². The Morgan fingerprint density at radius 2 is 2.40 bits per heavy atom. The second kappa shape index (κ2) is 5.50. The van der Waals surface area contributed by atoms with Crippen molar-refractivity contribution < 1.29 is 9.90 Å². The molecule has 0 aliphatic carbocycles. The molecule has 0 unspecified atom stereocenters. The smallest absolute Gasteiger partial charge is 0.220 e. The third-order valence-corrected chi connectivity index (χ3v) is 2.37. The van der Waals surface area contributed by atoms with Crippen molar-refractivity contribution in [3.05, 3.63) is 17.5 Å². The molecule has 15 heavy (non-hydrogen) atoms. The predicted molar refractivity (Wildman–Crippen MR) is 56.1 cm³/mol. The van der Waals surface area contributed by atoms with Crippen LogP contribution in [0.5, 0.6) is 0 Å². The third-order valence-electron chi connectivity index (χ3n) is 2.37. The summed E-state index contributed by atoms with van der Waals surface area (Å²) in [5, 5.41) is 15.4. The molecule has 0 radical (unpaired) electrons. The third kappa shape index (κ3) is 3.36. The number of aromatic nitrogens is 2. The summed E-state index contributed by atoms with van der Waals surface area (Å²) < 4.78 is 1.77. The molecule has 0 spiro atoms. The van der Waals surface area contributed by atoms with Crippen LogP contribution in [0, 0.1) is 6.92 Å². The van der Waals surface area contributed by atoms with Crippen molar-refractivity contribution in [2.75, 3.05) is 6.61 Å². The van der Waals surface area contributed by atoms with Crippen molar-refractivity contribution in [3.8, 4) is 0 Å². The molecule has 1 heterocycles. The predicted octanol–water partition coefficient (Wildman–Crippen LogP) is 0.117. The van der Waals surface area contributed by atoms with Crippen LogP contribution in [-0.2, 0) is 18.4 Å². The maximum Gasteiger partial charge on any atom is 0.220 e. The Morgan fingerprint density at radius 3 is 2.93 bits per heavy atom. The fourth-order valence-electron chi connectivity index (χ4n) is 1.24. The molecular weight excluding hydrogens is 194 g/mol. The second-order valence-electron chi connectivity index (χ2n) is 3.48. The number of aliphatic hydroxyl groups is 1. The van der Waals surface area contributed by atoms with E-state index < -0.39 is 0 Å². The van der Waals surface area contributed by atoms with Gasteiger partial charge in [0.2, 0.25) is 5.91 Å². The number of carbonyl (C=O) groups is 1. The van der Waals surface area contributed by atoms with E-state index in [1.807, 2.05) is 14.0 Å². The zero-order valence-electron chi connectivity index (χ0n) is 9.16. The molecule has 1 rings (SSSR count). The summed E-state index contributed by atoms with van der Waals surface area (Å²) in [6, 6.07) is 0. The van der Waals surface area contributed by atoms with Gasteiger partial charge < -0.3 is 10.4 Å². The maximum absolute atomic E-state index is 11.2. The molecule has 0 fully saturated rings. The zero-order valence-corrected chi connectivity index (χ0v) is 9.16. The number of nitrogens with zero attached hydrogens (tertiary/aromatic N) is 2. The van der Waals surface area contributed by atoms with Crippen molar-refractivity contribution >= 4 is 5.91 Å². The Hall–Kier alpha value is -1.36. The number of hydrogen-bond acceptors (Lipinski definition) is 3. The second-order valence-corrected chi connectivity index (χ2v) is 3.48. The molecule has 5 heteroatoms. The molecule has 1 aromatic heterocycles. The number of amides is 1. The average Bonchev–Trinajstić information content (AvgIpc) is 2.54. The quantitative estimate of drug-likeness (QED) is 0.726. The number of hydrogen-bond donors (Lipinski definition) is 2. The summed E-state index contributed by atoms with van der Waals surface area (Å²) >= 11 is 0. The molecule has 2 N–H and O–H groups in total. The van der Waals surface area contributed by atoms with Gasteiger partial charge in [0.1, 0.15) is 0 Å². The number of carbonyl (C=O) groups excluding carboxylic acids is 1. The van der Waals surface area contributed by atoms with Crippen molar-refractivity contribution in [1.82, 2.24) is 15.1 Å². The Balaban J connectivity index is 2.37. The molecular formula is C10H17N3O2. The zero-order chi connectivity index (χ0) is 11.3. The highest BCUT2D eigenvalue weighted by atomic mass is 16.3. The molecule has 0 atom stereocenters. The molecule has 0 saturated heterocycles. The first-order valence-corrected chi connectivity index (χ1v) is 5.00. The summed E-state index contributed by atoms with van der Waals surface area (Å²) in [6.45, 7) is 2.52. The standard InChI is InChI=1S/C10H17N3O2/c1-8-9(7-12-13(8)2)6-11-10(15)4-3-5-14/h7,14H,3-6H2,1-2H3,(H,11,15). The lowest BCUT2D eigenvalue weighted by Gasteiger charge is -2.03. The lowest BCUT2D eigenvalue weighted by Crippen LogP contribution is -2.22. The monoisotopic (exact) mass is 211 g/mol. The van der Waals surface area contributed by atoms with Gasteiger partial charge in [0.25, 0.3) is 0 Å². The fourth-order valence-corrected chi connectivity index (χ4v) is 1.24. The van der Waals surface area contributed by atoms with E-state index >= 15 is 0 Å². The van der Waals surface area contributed by atoms with Crippen molar-refractivity contribution in [2.24, 2.45) is 7.05 Å². The van der Waals surface area contributed by atoms with Crippen LogP contribution in [-0.4, -0.2) is 27.4 Å². The Labute approximate surface area is 89.1 Å². The first kappa shape index (κ1) is 11.7. The van der Waals surface area contributed by atoms with Gasteiger partial charge in [-0.05, 0) is 13.3 Å². The highest BCUT2D eigenvalue weighted by Gasteiger charge is 2.05. The summed E-state index contributed by atoms with van der Waals surface area (Å²) in [7, 11) is 1.87. The van der Waals surface area contributed by atoms with Crippen LogP contribution in [0.4, 0.5) is 0 Å². The van der Waals surface area contributed by atoms with E-state index in [1.165, 1.54) is 0 Å². The summed E-state index contributed by atoms with van der Waals surface area (Å²) in [5.41, 5.74) is 2.08. The van der Waals surface area contributed by atoms with Gasteiger partial charge in [-0.15, -0.1) is 0 Å². The minimum absolute atomic E-state index is 0.0349. The number of aliphatic hydroxyl groups excluding tert-OH is 1. The van der Waals surface area contributed by atoms with Crippen LogP contribution in [0.3, 0.4) is 0 Å². The highest BCUT2D eigenvalue weighted by molar-refractivity contribution is 5.75. The number of aryl methyl sites for hydroxylation is 1. The number of rotatable bonds is 5. The van der Waals surface area contributed by atoms with Crippen molar-refractivity contribution in [3.63, 3.8) is 0 Å². The molecule has 0 aromatic carbocycles. The Morgan fingerprint density at radius 1 is 1.67 bits per heavy atom. The van der Waals surface area contributed by atoms with Crippen molar-refractivity contribution in [2.45, 2.75) is 26.3 Å². The van der Waals surface area contributed by atoms with E-state index in [2.05, 4.69) is 10.4 Å². The first-order valence-electron chi connectivity index (χ1n) is 5.00. The van der Waals surface area contributed by atoms with Crippen LogP contribution in [0.2, 0.25) is 0 Å². The van der Waals surface area contributed by atoms with Gasteiger partial charge in [-0.1, -0.05) is 0 Å². The summed E-state index contributed by atoms with van der Waals surface area (Å²) in [6.07, 6.45) is 2.63. The van der Waals surface area contributed by atoms with Gasteiger partial charge in [-0.3, -0.25) is 9.48 Å². The molecule has 0 aliphatic heterocycles. The molecule has 1 amide bonds. The van der Waals surface area contributed by atoms with Crippen molar-refractivity contribution in [1.29, 1.82) is 0 Å².